The summed E-state index contributed by atoms with van der Waals surface area (Å²) in [6.07, 6.45) is 4.56. The number of hydrogen-bond donors (Lipinski definition) is 1. The van der Waals surface area contributed by atoms with E-state index in [1.807, 2.05) is 12.3 Å². The number of fused-ring (bicyclic) bond motifs is 1. The molecule has 110 valence electrons. The summed E-state index contributed by atoms with van der Waals surface area (Å²) in [5.74, 6) is -0.0456. The summed E-state index contributed by atoms with van der Waals surface area (Å²) in [7, 11) is 3.50. The highest BCUT2D eigenvalue weighted by atomic mass is 16.2. The van der Waals surface area contributed by atoms with E-state index in [9.17, 15) is 4.79 Å². The zero-order valence-electron chi connectivity index (χ0n) is 12.3. The van der Waals surface area contributed by atoms with Gasteiger partial charge in [-0.05, 0) is 11.6 Å². The molecule has 0 unspecified atom stereocenters. The molecule has 2 aromatic heterocycles. The number of pyridine rings is 1. The molecule has 6 nitrogen and oxygen atoms in total. The maximum absolute atomic E-state index is 12.2. The van der Waals surface area contributed by atoms with Crippen LogP contribution in [-0.2, 0) is 19.5 Å². The van der Waals surface area contributed by atoms with Crippen molar-refractivity contribution in [1.29, 1.82) is 0 Å². The molecule has 1 N–H and O–H groups in total. The van der Waals surface area contributed by atoms with Crippen molar-refractivity contribution < 1.29 is 4.79 Å². The standard InChI is InChI=1S/C15H19N5O/c1-19(2)15(21)14-12-10-20(7-5-13(12)17-18-14)9-11-4-3-6-16-8-11/h3-4,6,8H,5,7,9-10H2,1-2H3,(H,17,18). The van der Waals surface area contributed by atoms with Crippen LogP contribution in [0.1, 0.15) is 27.3 Å². The van der Waals surface area contributed by atoms with Crippen LogP contribution in [0.5, 0.6) is 0 Å². The summed E-state index contributed by atoms with van der Waals surface area (Å²) in [5.41, 5.74) is 3.85. The summed E-state index contributed by atoms with van der Waals surface area (Å²) in [5, 5.41) is 7.22. The van der Waals surface area contributed by atoms with E-state index in [-0.39, 0.29) is 5.91 Å². The Hall–Kier alpha value is -2.21. The smallest absolute Gasteiger partial charge is 0.274 e. The quantitative estimate of drug-likeness (QED) is 0.916. The lowest BCUT2D eigenvalue weighted by Crippen LogP contribution is -2.31. The maximum atomic E-state index is 12.2. The Bertz CT molecular complexity index is 635. The third-order valence-corrected chi connectivity index (χ3v) is 3.75. The topological polar surface area (TPSA) is 65.1 Å². The molecule has 0 atom stereocenters. The predicted molar refractivity (Wildman–Crippen MR) is 78.7 cm³/mol. The highest BCUT2D eigenvalue weighted by Crippen LogP contribution is 2.22. The summed E-state index contributed by atoms with van der Waals surface area (Å²) < 4.78 is 0. The number of aromatic amines is 1. The highest BCUT2D eigenvalue weighted by Gasteiger charge is 2.26. The summed E-state index contributed by atoms with van der Waals surface area (Å²) in [4.78, 5) is 20.2. The number of aromatic nitrogens is 3. The van der Waals surface area contributed by atoms with Gasteiger partial charge in [-0.1, -0.05) is 6.07 Å². The third kappa shape index (κ3) is 2.80. The van der Waals surface area contributed by atoms with Gasteiger partial charge in [0, 0.05) is 63.8 Å². The number of amides is 1. The van der Waals surface area contributed by atoms with Gasteiger partial charge >= 0.3 is 0 Å². The molecular weight excluding hydrogens is 266 g/mol. The Morgan fingerprint density at radius 2 is 2.33 bits per heavy atom. The lowest BCUT2D eigenvalue weighted by atomic mass is 10.0. The summed E-state index contributed by atoms with van der Waals surface area (Å²) in [6.45, 7) is 2.55. The number of hydrogen-bond acceptors (Lipinski definition) is 4. The van der Waals surface area contributed by atoms with Crippen LogP contribution in [-0.4, -0.2) is 51.5 Å². The number of rotatable bonds is 3. The lowest BCUT2D eigenvalue weighted by Gasteiger charge is -2.27. The minimum absolute atomic E-state index is 0.0456. The Morgan fingerprint density at radius 1 is 1.48 bits per heavy atom. The van der Waals surface area contributed by atoms with Crippen molar-refractivity contribution in [2.45, 2.75) is 19.5 Å². The second kappa shape index (κ2) is 5.65. The molecule has 3 heterocycles. The monoisotopic (exact) mass is 285 g/mol. The van der Waals surface area contributed by atoms with Crippen LogP contribution < -0.4 is 0 Å². The van der Waals surface area contributed by atoms with Crippen LogP contribution in [0.15, 0.2) is 24.5 Å². The third-order valence-electron chi connectivity index (χ3n) is 3.75. The molecule has 1 aliphatic rings. The first-order valence-electron chi connectivity index (χ1n) is 7.04. The Kier molecular flexibility index (Phi) is 3.70. The molecule has 0 bridgehead atoms. The van der Waals surface area contributed by atoms with Crippen molar-refractivity contribution in [2.75, 3.05) is 20.6 Å². The molecule has 21 heavy (non-hydrogen) atoms. The van der Waals surface area contributed by atoms with Gasteiger partial charge in [0.15, 0.2) is 5.69 Å². The van der Waals surface area contributed by atoms with E-state index >= 15 is 0 Å². The molecule has 3 rings (SSSR count). The van der Waals surface area contributed by atoms with Gasteiger partial charge in [-0.3, -0.25) is 19.8 Å². The molecule has 0 radical (unpaired) electrons. The van der Waals surface area contributed by atoms with Crippen LogP contribution in [0, 0.1) is 0 Å². The lowest BCUT2D eigenvalue weighted by molar-refractivity contribution is 0.0819. The van der Waals surface area contributed by atoms with Gasteiger partial charge in [0.05, 0.1) is 0 Å². The second-order valence-electron chi connectivity index (χ2n) is 5.55. The van der Waals surface area contributed by atoms with E-state index in [2.05, 4.69) is 26.1 Å². The van der Waals surface area contributed by atoms with Gasteiger partial charge in [0.25, 0.3) is 5.91 Å². The normalized spacial score (nSPS) is 14.8. The van der Waals surface area contributed by atoms with Gasteiger partial charge in [-0.15, -0.1) is 0 Å². The van der Waals surface area contributed by atoms with Crippen molar-refractivity contribution in [3.8, 4) is 0 Å². The van der Waals surface area contributed by atoms with Crippen molar-refractivity contribution in [2.24, 2.45) is 0 Å². The van der Waals surface area contributed by atoms with Crippen LogP contribution in [0.2, 0.25) is 0 Å². The van der Waals surface area contributed by atoms with Crippen molar-refractivity contribution in [3.63, 3.8) is 0 Å². The van der Waals surface area contributed by atoms with Crippen LogP contribution >= 0.6 is 0 Å². The maximum Gasteiger partial charge on any atom is 0.274 e. The summed E-state index contributed by atoms with van der Waals surface area (Å²) in [6, 6.07) is 4.02. The first kappa shape index (κ1) is 13.8. The zero-order chi connectivity index (χ0) is 14.8. The second-order valence-corrected chi connectivity index (χ2v) is 5.55. The minimum Gasteiger partial charge on any atom is -0.343 e. The number of nitrogens with one attached hydrogen (secondary N) is 1. The largest absolute Gasteiger partial charge is 0.343 e. The first-order chi connectivity index (χ1) is 10.1. The van der Waals surface area contributed by atoms with Gasteiger partial charge in [-0.25, -0.2) is 0 Å². The van der Waals surface area contributed by atoms with Crippen molar-refractivity contribution >= 4 is 5.91 Å². The Labute approximate surface area is 123 Å². The van der Waals surface area contributed by atoms with Gasteiger partial charge in [0.2, 0.25) is 0 Å². The number of H-pyrrole nitrogens is 1. The predicted octanol–water partition coefficient (Wildman–Crippen LogP) is 1.06. The fourth-order valence-corrected chi connectivity index (χ4v) is 2.62. The van der Waals surface area contributed by atoms with Crippen molar-refractivity contribution in [3.05, 3.63) is 47.0 Å². The van der Waals surface area contributed by atoms with E-state index < -0.39 is 0 Å². The Balaban J connectivity index is 1.78. The van der Waals surface area contributed by atoms with Gasteiger partial charge < -0.3 is 4.90 Å². The van der Waals surface area contributed by atoms with E-state index in [1.165, 1.54) is 5.56 Å². The number of carbonyl (C=O) groups is 1. The van der Waals surface area contributed by atoms with Gasteiger partial charge in [0.1, 0.15) is 0 Å². The number of carbonyl (C=O) groups excluding carboxylic acids is 1. The molecule has 6 heteroatoms. The van der Waals surface area contributed by atoms with E-state index in [4.69, 9.17) is 0 Å². The average molecular weight is 285 g/mol. The minimum atomic E-state index is -0.0456. The molecule has 1 amide bonds. The van der Waals surface area contributed by atoms with Crippen LogP contribution in [0.3, 0.4) is 0 Å². The fourth-order valence-electron chi connectivity index (χ4n) is 2.62. The molecule has 0 aliphatic carbocycles. The molecule has 0 saturated heterocycles. The molecule has 0 fully saturated rings. The molecule has 1 aliphatic heterocycles. The molecular formula is C15H19N5O. The van der Waals surface area contributed by atoms with Gasteiger partial charge in [-0.2, -0.15) is 5.10 Å². The highest BCUT2D eigenvalue weighted by molar-refractivity contribution is 5.93. The van der Waals surface area contributed by atoms with Crippen LogP contribution in [0.4, 0.5) is 0 Å². The SMILES string of the molecule is CN(C)C(=O)c1n[nH]c2c1CN(Cc1cccnc1)CC2. The van der Waals surface area contributed by atoms with E-state index in [0.29, 0.717) is 5.69 Å². The zero-order valence-corrected chi connectivity index (χ0v) is 12.3. The molecule has 2 aromatic rings. The summed E-state index contributed by atoms with van der Waals surface area (Å²) >= 11 is 0. The van der Waals surface area contributed by atoms with E-state index in [0.717, 1.165) is 37.3 Å². The first-order valence-corrected chi connectivity index (χ1v) is 7.04. The molecule has 0 saturated carbocycles. The average Bonchev–Trinajstić information content (AvgIpc) is 2.90. The fraction of sp³-hybridized carbons (Fsp3) is 0.400. The Morgan fingerprint density at radius 3 is 3.05 bits per heavy atom. The molecule has 0 aromatic carbocycles. The van der Waals surface area contributed by atoms with Crippen molar-refractivity contribution in [1.82, 2.24) is 25.0 Å². The number of nitrogens with zero attached hydrogens (tertiary/aromatic N) is 4. The van der Waals surface area contributed by atoms with E-state index in [1.54, 1.807) is 25.2 Å². The molecule has 0 spiro atoms. The van der Waals surface area contributed by atoms with Crippen LogP contribution in [0.25, 0.3) is 0 Å².